The predicted molar refractivity (Wildman–Crippen MR) is 194 cm³/mol. The zero-order valence-electron chi connectivity index (χ0n) is 29.6. The van der Waals surface area contributed by atoms with Crippen molar-refractivity contribution < 1.29 is 19.7 Å². The van der Waals surface area contributed by atoms with Crippen LogP contribution in [-0.4, -0.2) is 43.7 Å². The number of aliphatic hydroxyl groups excluding tert-OH is 1. The molecule has 0 spiro atoms. The van der Waals surface area contributed by atoms with Crippen LogP contribution in [0, 0.1) is 33.6 Å². The van der Waals surface area contributed by atoms with Crippen LogP contribution in [-0.2, 0) is 4.79 Å². The van der Waals surface area contributed by atoms with Gasteiger partial charge in [-0.3, -0.25) is 0 Å². The van der Waals surface area contributed by atoms with Crippen LogP contribution in [0.2, 0.25) is 0 Å². The van der Waals surface area contributed by atoms with E-state index in [4.69, 9.17) is 19.7 Å². The van der Waals surface area contributed by atoms with E-state index in [1.54, 1.807) is 25.1 Å². The number of aromatic hydroxyl groups is 1. The van der Waals surface area contributed by atoms with Crippen LogP contribution in [0.4, 0.5) is 0 Å². The minimum atomic E-state index is -0.634. The van der Waals surface area contributed by atoms with Crippen molar-refractivity contribution in [3.63, 3.8) is 0 Å². The molecule has 3 unspecified atom stereocenters. The Labute approximate surface area is 286 Å². The van der Waals surface area contributed by atoms with Gasteiger partial charge < -0.3 is 19.7 Å². The van der Waals surface area contributed by atoms with E-state index < -0.39 is 12.2 Å². The number of rotatable bonds is 18. The van der Waals surface area contributed by atoms with Crippen LogP contribution in [0.15, 0.2) is 54.6 Å². The Kier molecular flexibility index (Phi) is 13.7. The van der Waals surface area contributed by atoms with Crippen LogP contribution in [0.1, 0.15) is 100 Å². The van der Waals surface area contributed by atoms with Crippen molar-refractivity contribution >= 4 is 6.29 Å². The highest BCUT2D eigenvalue weighted by Gasteiger charge is 2.28. The monoisotopic (exact) mass is 651 g/mol. The van der Waals surface area contributed by atoms with E-state index in [0.29, 0.717) is 28.8 Å². The van der Waals surface area contributed by atoms with E-state index in [9.17, 15) is 15.0 Å². The second-order valence-corrected chi connectivity index (χ2v) is 13.3. The summed E-state index contributed by atoms with van der Waals surface area (Å²) in [5.74, 6) is 1.57. The van der Waals surface area contributed by atoms with Crippen molar-refractivity contribution in [2.45, 2.75) is 118 Å². The minimum Gasteiger partial charge on any atom is -0.507 e. The highest BCUT2D eigenvalue weighted by atomic mass is 16.5. The lowest BCUT2D eigenvalue weighted by Gasteiger charge is -2.29. The molecule has 0 fully saturated rings. The van der Waals surface area contributed by atoms with Gasteiger partial charge >= 0.3 is 0 Å². The Morgan fingerprint density at radius 2 is 1.21 bits per heavy atom. The largest absolute Gasteiger partial charge is 0.507 e. The summed E-state index contributed by atoms with van der Waals surface area (Å²) in [6.07, 6.45) is 10.2. The van der Waals surface area contributed by atoms with Crippen LogP contribution in [0.3, 0.4) is 0 Å². The second-order valence-electron chi connectivity index (χ2n) is 13.3. The number of unbranched alkanes of at least 4 members (excludes halogenated alkanes) is 7. The summed E-state index contributed by atoms with van der Waals surface area (Å²) in [5, 5.41) is 22.0. The maximum absolute atomic E-state index is 11.7. The molecule has 0 radical (unpaired) electrons. The summed E-state index contributed by atoms with van der Waals surface area (Å²) in [6, 6.07) is 17.4. The normalized spacial score (nSPS) is 13.2. The summed E-state index contributed by atoms with van der Waals surface area (Å²) in [6.45, 7) is 12.2. The lowest BCUT2D eigenvalue weighted by molar-refractivity contribution is -0.110. The number of aryl methyl sites for hydroxylation is 4. The molecule has 48 heavy (non-hydrogen) atoms. The summed E-state index contributed by atoms with van der Waals surface area (Å²) < 4.78 is 6.31. The van der Waals surface area contributed by atoms with Crippen molar-refractivity contribution in [3.05, 3.63) is 76.9 Å². The molecule has 0 saturated carbocycles. The van der Waals surface area contributed by atoms with Crippen molar-refractivity contribution in [3.8, 4) is 45.7 Å². The van der Waals surface area contributed by atoms with Crippen molar-refractivity contribution in [2.75, 3.05) is 0 Å². The van der Waals surface area contributed by atoms with Crippen molar-refractivity contribution in [1.29, 1.82) is 0 Å². The highest BCUT2D eigenvalue weighted by molar-refractivity contribution is 5.72. The number of carbonyl (C=O) groups excluding carboxylic acids is 1. The van der Waals surface area contributed by atoms with Crippen LogP contribution in [0.5, 0.6) is 11.5 Å². The van der Waals surface area contributed by atoms with Gasteiger partial charge in [0.1, 0.15) is 23.9 Å². The van der Waals surface area contributed by atoms with Crippen molar-refractivity contribution in [1.82, 2.24) is 15.0 Å². The third-order valence-corrected chi connectivity index (χ3v) is 9.20. The zero-order valence-corrected chi connectivity index (χ0v) is 29.6. The summed E-state index contributed by atoms with van der Waals surface area (Å²) in [5.41, 5.74) is 6.63. The third-order valence-electron chi connectivity index (χ3n) is 9.20. The number of aromatic nitrogens is 3. The van der Waals surface area contributed by atoms with Gasteiger partial charge in [-0.25, -0.2) is 15.0 Å². The number of phenols is 1. The molecule has 0 aliphatic carbocycles. The Bertz CT molecular complexity index is 1580. The van der Waals surface area contributed by atoms with Gasteiger partial charge in [0.15, 0.2) is 17.5 Å². The number of aldehydes is 1. The fourth-order valence-corrected chi connectivity index (χ4v) is 6.47. The summed E-state index contributed by atoms with van der Waals surface area (Å²) in [7, 11) is 0. The smallest absolute Gasteiger partial charge is 0.167 e. The number of nitrogens with zero attached hydrogens (tertiary/aromatic N) is 3. The SMILES string of the molecule is CCCCCCCCCCC(C(C)O)C(CC=O)Oc1ccc(-c2nc(-c3ccc(C)cc3C)nc(-c3ccc(C)cc3C)n2)c(O)c1. The molecule has 7 heteroatoms. The first kappa shape index (κ1) is 36.7. The van der Waals surface area contributed by atoms with Crippen LogP contribution >= 0.6 is 0 Å². The van der Waals surface area contributed by atoms with Gasteiger partial charge in [-0.1, -0.05) is 106 Å². The molecular weight excluding hydrogens is 598 g/mol. The fourth-order valence-electron chi connectivity index (χ4n) is 6.47. The molecule has 4 rings (SSSR count). The number of hydrogen-bond acceptors (Lipinski definition) is 7. The third kappa shape index (κ3) is 9.96. The molecule has 4 aromatic rings. The molecule has 0 aliphatic heterocycles. The molecule has 256 valence electrons. The number of benzene rings is 3. The molecule has 3 aromatic carbocycles. The van der Waals surface area contributed by atoms with Gasteiger partial charge in [-0.15, -0.1) is 0 Å². The lowest BCUT2D eigenvalue weighted by Crippen LogP contribution is -2.35. The maximum atomic E-state index is 11.7. The van der Waals surface area contributed by atoms with E-state index in [2.05, 4.69) is 32.9 Å². The van der Waals surface area contributed by atoms with Crippen molar-refractivity contribution in [2.24, 2.45) is 5.92 Å². The fraction of sp³-hybridized carbons (Fsp3) is 0.463. The van der Waals surface area contributed by atoms with Gasteiger partial charge in [-0.2, -0.15) is 0 Å². The lowest BCUT2D eigenvalue weighted by atomic mass is 9.89. The highest BCUT2D eigenvalue weighted by Crippen LogP contribution is 2.35. The predicted octanol–water partition coefficient (Wildman–Crippen LogP) is 9.68. The van der Waals surface area contributed by atoms with Gasteiger partial charge in [0.25, 0.3) is 0 Å². The molecule has 0 amide bonds. The first-order chi connectivity index (χ1) is 23.1. The molecule has 7 nitrogen and oxygen atoms in total. The van der Waals surface area contributed by atoms with E-state index >= 15 is 0 Å². The number of hydrogen-bond donors (Lipinski definition) is 2. The Balaban J connectivity index is 1.60. The number of carbonyl (C=O) groups is 1. The quantitative estimate of drug-likeness (QED) is 0.0815. The molecule has 2 N–H and O–H groups in total. The average molecular weight is 652 g/mol. The number of phenolic OH excluding ortho intramolecular Hbond substituents is 1. The molecule has 0 aliphatic rings. The topological polar surface area (TPSA) is 105 Å². The van der Waals surface area contributed by atoms with E-state index in [0.717, 1.165) is 58.9 Å². The molecular formula is C41H53N3O4. The first-order valence-corrected chi connectivity index (χ1v) is 17.6. The minimum absolute atomic E-state index is 0.0432. The van der Waals surface area contributed by atoms with E-state index in [1.807, 2.05) is 38.1 Å². The summed E-state index contributed by atoms with van der Waals surface area (Å²) in [4.78, 5) is 26.3. The summed E-state index contributed by atoms with van der Waals surface area (Å²) >= 11 is 0. The molecule has 3 atom stereocenters. The van der Waals surface area contributed by atoms with E-state index in [1.165, 1.54) is 38.5 Å². The molecule has 0 bridgehead atoms. The number of ether oxygens (including phenoxy) is 1. The van der Waals surface area contributed by atoms with Crippen LogP contribution in [0.25, 0.3) is 34.2 Å². The van der Waals surface area contributed by atoms with E-state index in [-0.39, 0.29) is 18.1 Å². The molecule has 0 saturated heterocycles. The number of aliphatic hydroxyl groups is 1. The maximum Gasteiger partial charge on any atom is 0.167 e. The molecule has 1 heterocycles. The van der Waals surface area contributed by atoms with Gasteiger partial charge in [0.2, 0.25) is 0 Å². The molecule has 1 aromatic heterocycles. The van der Waals surface area contributed by atoms with Gasteiger partial charge in [0.05, 0.1) is 11.7 Å². The standard InChI is InChI=1S/C41H53N3O4/c1-7-8-9-10-11-12-13-14-15-35(31(6)46)38(22-23-45)48-32-18-21-36(37(47)26-32)41-43-39(33-19-16-27(2)24-29(33)4)42-40(44-41)34-20-17-28(3)25-30(34)5/h16-21,23-26,31,35,38,46-47H,7-15,22H2,1-6H3. The zero-order chi connectivity index (χ0) is 34.6. The first-order valence-electron chi connectivity index (χ1n) is 17.6. The second kappa shape index (κ2) is 17.9. The van der Waals surface area contributed by atoms with Gasteiger partial charge in [0, 0.05) is 29.5 Å². The Morgan fingerprint density at radius 1 is 0.708 bits per heavy atom. The van der Waals surface area contributed by atoms with Crippen LogP contribution < -0.4 is 4.74 Å². The average Bonchev–Trinajstić information content (AvgIpc) is 3.03. The Hall–Kier alpha value is -4.10. The Morgan fingerprint density at radius 3 is 1.69 bits per heavy atom. The van der Waals surface area contributed by atoms with Gasteiger partial charge in [-0.05, 0) is 64.3 Å².